The van der Waals surface area contributed by atoms with E-state index in [0.717, 1.165) is 11.4 Å². The van der Waals surface area contributed by atoms with E-state index in [9.17, 15) is 9.59 Å². The van der Waals surface area contributed by atoms with E-state index < -0.39 is 5.97 Å². The van der Waals surface area contributed by atoms with Crippen molar-refractivity contribution in [2.45, 2.75) is 41.0 Å². The van der Waals surface area contributed by atoms with E-state index in [4.69, 9.17) is 9.63 Å². The van der Waals surface area contributed by atoms with Crippen LogP contribution in [0.4, 0.5) is 0 Å². The van der Waals surface area contributed by atoms with E-state index in [1.165, 1.54) is 0 Å². The molecule has 1 N–H and O–H groups in total. The maximum Gasteiger partial charge on any atom is 0.305 e. The molecule has 2 aromatic rings. The highest BCUT2D eigenvalue weighted by Crippen LogP contribution is 2.22. The zero-order chi connectivity index (χ0) is 18.7. The number of carbonyl (C=O) groups excluding carboxylic acids is 1. The van der Waals surface area contributed by atoms with Crippen LogP contribution in [0.15, 0.2) is 16.7 Å². The van der Waals surface area contributed by atoms with Crippen molar-refractivity contribution in [1.82, 2.24) is 14.6 Å². The molecule has 0 atom stereocenters. The standard InChI is InChI=1S/C18H25N3O4/c1-11(2)10-20(7-6-17(22)23)18(24)15-8-12(3)21(14(15)5)16-9-13(4)25-19-16/h8-9,11H,6-7,10H2,1-5H3,(H,22,23). The molecule has 0 unspecified atom stereocenters. The second kappa shape index (κ2) is 7.55. The number of aliphatic carboxylic acids is 1. The number of hydrogen-bond acceptors (Lipinski definition) is 4. The average molecular weight is 347 g/mol. The fourth-order valence-electron chi connectivity index (χ4n) is 2.91. The molecule has 0 radical (unpaired) electrons. The third kappa shape index (κ3) is 4.29. The number of amides is 1. The Balaban J connectivity index is 2.35. The van der Waals surface area contributed by atoms with Crippen LogP contribution in [-0.2, 0) is 4.79 Å². The van der Waals surface area contributed by atoms with Crippen molar-refractivity contribution in [3.05, 3.63) is 34.8 Å². The van der Waals surface area contributed by atoms with E-state index in [-0.39, 0.29) is 24.8 Å². The summed E-state index contributed by atoms with van der Waals surface area (Å²) in [5.74, 6) is 0.504. The summed E-state index contributed by atoms with van der Waals surface area (Å²) < 4.78 is 7.00. The van der Waals surface area contributed by atoms with Crippen LogP contribution in [0.25, 0.3) is 5.82 Å². The minimum absolute atomic E-state index is 0.0698. The topological polar surface area (TPSA) is 88.6 Å². The zero-order valence-electron chi connectivity index (χ0n) is 15.4. The van der Waals surface area contributed by atoms with Crippen molar-refractivity contribution in [2.75, 3.05) is 13.1 Å². The first kappa shape index (κ1) is 18.8. The highest BCUT2D eigenvalue weighted by Gasteiger charge is 2.23. The molecule has 0 aliphatic carbocycles. The molecule has 25 heavy (non-hydrogen) atoms. The lowest BCUT2D eigenvalue weighted by Gasteiger charge is -2.24. The second-order valence-electron chi connectivity index (χ2n) is 6.70. The Bertz CT molecular complexity index is 773. The Hall–Kier alpha value is -2.57. The summed E-state index contributed by atoms with van der Waals surface area (Å²) >= 11 is 0. The van der Waals surface area contributed by atoms with Gasteiger partial charge in [-0.15, -0.1) is 0 Å². The summed E-state index contributed by atoms with van der Waals surface area (Å²) in [5.41, 5.74) is 2.20. The molecule has 2 rings (SSSR count). The van der Waals surface area contributed by atoms with Gasteiger partial charge in [-0.2, -0.15) is 0 Å². The number of carboxylic acids is 1. The largest absolute Gasteiger partial charge is 0.481 e. The molecule has 0 bridgehead atoms. The average Bonchev–Trinajstić information content (AvgIpc) is 3.05. The summed E-state index contributed by atoms with van der Waals surface area (Å²) in [6, 6.07) is 3.63. The Kier molecular flexibility index (Phi) is 5.66. The summed E-state index contributed by atoms with van der Waals surface area (Å²) in [6.45, 7) is 10.3. The number of nitrogens with zero attached hydrogens (tertiary/aromatic N) is 3. The van der Waals surface area contributed by atoms with E-state index in [2.05, 4.69) is 5.16 Å². The highest BCUT2D eigenvalue weighted by molar-refractivity contribution is 5.96. The van der Waals surface area contributed by atoms with Gasteiger partial charge in [0.1, 0.15) is 5.76 Å². The molecule has 7 nitrogen and oxygen atoms in total. The van der Waals surface area contributed by atoms with Crippen molar-refractivity contribution >= 4 is 11.9 Å². The molecule has 136 valence electrons. The summed E-state index contributed by atoms with van der Waals surface area (Å²) in [7, 11) is 0. The number of aromatic nitrogens is 2. The van der Waals surface area contributed by atoms with Gasteiger partial charge in [-0.05, 0) is 32.8 Å². The van der Waals surface area contributed by atoms with Gasteiger partial charge >= 0.3 is 5.97 Å². The predicted octanol–water partition coefficient (Wildman–Crippen LogP) is 2.96. The van der Waals surface area contributed by atoms with Crippen LogP contribution in [0.2, 0.25) is 0 Å². The van der Waals surface area contributed by atoms with Crippen molar-refractivity contribution in [2.24, 2.45) is 5.92 Å². The third-order valence-electron chi connectivity index (χ3n) is 3.97. The number of carboxylic acid groups (broad SMARTS) is 1. The molecule has 1 amide bonds. The molecule has 2 aromatic heterocycles. The SMILES string of the molecule is Cc1cc(-n2c(C)cc(C(=O)N(CCC(=O)O)CC(C)C)c2C)no1. The Labute approximate surface area is 147 Å². The van der Waals surface area contributed by atoms with Gasteiger partial charge in [0.05, 0.1) is 12.0 Å². The molecule has 0 aromatic carbocycles. The molecule has 0 spiro atoms. The van der Waals surface area contributed by atoms with Gasteiger partial charge in [-0.1, -0.05) is 19.0 Å². The number of aryl methyl sites for hydroxylation is 2. The summed E-state index contributed by atoms with van der Waals surface area (Å²) in [6.07, 6.45) is -0.0698. The maximum absolute atomic E-state index is 13.0. The summed E-state index contributed by atoms with van der Waals surface area (Å²) in [4.78, 5) is 25.5. The van der Waals surface area contributed by atoms with Gasteiger partial charge < -0.3 is 14.5 Å². The molecule has 0 saturated heterocycles. The molecule has 0 aliphatic rings. The quantitative estimate of drug-likeness (QED) is 0.832. The molecule has 2 heterocycles. The van der Waals surface area contributed by atoms with E-state index in [1.807, 2.05) is 51.3 Å². The van der Waals surface area contributed by atoms with Crippen LogP contribution in [0.3, 0.4) is 0 Å². The lowest BCUT2D eigenvalue weighted by atomic mass is 10.1. The van der Waals surface area contributed by atoms with Crippen LogP contribution >= 0.6 is 0 Å². The van der Waals surface area contributed by atoms with Crippen LogP contribution in [0.5, 0.6) is 0 Å². The van der Waals surface area contributed by atoms with Gasteiger partial charge in [-0.25, -0.2) is 0 Å². The Morgan fingerprint density at radius 3 is 2.48 bits per heavy atom. The highest BCUT2D eigenvalue weighted by atomic mass is 16.5. The number of hydrogen-bond donors (Lipinski definition) is 1. The van der Waals surface area contributed by atoms with Crippen LogP contribution in [0.1, 0.15) is 47.8 Å². The van der Waals surface area contributed by atoms with Crippen LogP contribution in [0, 0.1) is 26.7 Å². The van der Waals surface area contributed by atoms with Gasteiger partial charge in [0, 0.05) is 30.5 Å². The molecule has 0 fully saturated rings. The van der Waals surface area contributed by atoms with Crippen LogP contribution < -0.4 is 0 Å². The monoisotopic (exact) mass is 347 g/mol. The lowest BCUT2D eigenvalue weighted by molar-refractivity contribution is -0.137. The zero-order valence-corrected chi connectivity index (χ0v) is 15.4. The van der Waals surface area contributed by atoms with E-state index in [0.29, 0.717) is 23.7 Å². The van der Waals surface area contributed by atoms with E-state index in [1.54, 1.807) is 4.90 Å². The molecule has 7 heteroatoms. The molecular weight excluding hydrogens is 322 g/mol. The first-order chi connectivity index (χ1) is 11.7. The van der Waals surface area contributed by atoms with Gasteiger partial charge in [0.25, 0.3) is 5.91 Å². The normalized spacial score (nSPS) is 11.1. The predicted molar refractivity (Wildman–Crippen MR) is 93.0 cm³/mol. The number of carbonyl (C=O) groups is 2. The fraction of sp³-hybridized carbons (Fsp3) is 0.500. The second-order valence-corrected chi connectivity index (χ2v) is 6.70. The van der Waals surface area contributed by atoms with Gasteiger partial charge in [-0.3, -0.25) is 14.2 Å². The van der Waals surface area contributed by atoms with Crippen molar-refractivity contribution < 1.29 is 19.2 Å². The van der Waals surface area contributed by atoms with Gasteiger partial charge in [0.2, 0.25) is 0 Å². The first-order valence-corrected chi connectivity index (χ1v) is 8.34. The Morgan fingerprint density at radius 2 is 1.96 bits per heavy atom. The fourth-order valence-corrected chi connectivity index (χ4v) is 2.91. The minimum atomic E-state index is -0.912. The van der Waals surface area contributed by atoms with Gasteiger partial charge in [0.15, 0.2) is 5.82 Å². The third-order valence-corrected chi connectivity index (χ3v) is 3.97. The van der Waals surface area contributed by atoms with Crippen molar-refractivity contribution in [1.29, 1.82) is 0 Å². The summed E-state index contributed by atoms with van der Waals surface area (Å²) in [5, 5.41) is 13.0. The first-order valence-electron chi connectivity index (χ1n) is 8.34. The molecule has 0 saturated carbocycles. The molecular formula is C18H25N3O4. The lowest BCUT2D eigenvalue weighted by Crippen LogP contribution is -2.36. The smallest absolute Gasteiger partial charge is 0.305 e. The maximum atomic E-state index is 13.0. The minimum Gasteiger partial charge on any atom is -0.481 e. The molecule has 0 aliphatic heterocycles. The van der Waals surface area contributed by atoms with Crippen LogP contribution in [-0.4, -0.2) is 44.7 Å². The van der Waals surface area contributed by atoms with Crippen molar-refractivity contribution in [3.8, 4) is 5.82 Å². The van der Waals surface area contributed by atoms with E-state index >= 15 is 0 Å². The Morgan fingerprint density at radius 1 is 1.28 bits per heavy atom. The van der Waals surface area contributed by atoms with Crippen molar-refractivity contribution in [3.63, 3.8) is 0 Å². The number of rotatable bonds is 7.